The molecule has 0 spiro atoms. The Labute approximate surface area is 556 Å². The van der Waals surface area contributed by atoms with Crippen LogP contribution >= 0.6 is 15.6 Å². The number of aliphatic hydroxyl groups is 1. The maximum atomic E-state index is 13.0. The van der Waals surface area contributed by atoms with Crippen LogP contribution in [-0.2, 0) is 65.4 Å². The van der Waals surface area contributed by atoms with E-state index in [-0.39, 0.29) is 25.7 Å². The summed E-state index contributed by atoms with van der Waals surface area (Å²) >= 11 is 0. The molecule has 3 N–H and O–H groups in total. The average Bonchev–Trinajstić information content (AvgIpc) is 3.47. The standard InChI is InChI=1S/C72H140O17P2/c1-8-11-12-13-14-15-16-17-18-19-20-21-22-23-24-25-26-31-41-48-55-71(76)88-67(59-82-69(74)53-46-39-30-28-27-29-37-44-51-64(6)9-2)61-86-90(78,79)84-57-66(73)58-85-91(80,81)87-62-68(60-83-70(75)54-47-40-34-32-36-43-50-63(4)5)89-72(77)56-49-42-35-33-38-45-52-65(7)10-3/h63-68,73H,8-62H2,1-7H3,(H,78,79)(H,80,81)/t64?,65?,66-,67-,68-/m1/s1. The molecule has 0 amide bonds. The zero-order valence-corrected chi connectivity index (χ0v) is 61.1. The van der Waals surface area contributed by atoms with E-state index in [9.17, 15) is 43.2 Å². The van der Waals surface area contributed by atoms with Crippen molar-refractivity contribution in [3.8, 4) is 0 Å². The molecular formula is C72H140O17P2. The van der Waals surface area contributed by atoms with Crippen molar-refractivity contribution >= 4 is 39.5 Å². The van der Waals surface area contributed by atoms with Crippen molar-refractivity contribution in [1.82, 2.24) is 0 Å². The van der Waals surface area contributed by atoms with Crippen molar-refractivity contribution in [3.63, 3.8) is 0 Å². The number of aliphatic hydroxyl groups excluding tert-OH is 1. The van der Waals surface area contributed by atoms with Crippen molar-refractivity contribution < 1.29 is 80.2 Å². The minimum atomic E-state index is -4.95. The second kappa shape index (κ2) is 62.8. The fourth-order valence-electron chi connectivity index (χ4n) is 10.8. The van der Waals surface area contributed by atoms with Gasteiger partial charge in [0.15, 0.2) is 12.2 Å². The molecule has 0 rings (SSSR count). The van der Waals surface area contributed by atoms with Gasteiger partial charge in [-0.3, -0.25) is 37.3 Å². The number of esters is 4. The molecule has 0 bridgehead atoms. The molecule has 0 aromatic heterocycles. The third kappa shape index (κ3) is 63.9. The number of phosphoric acid groups is 2. The molecular weight excluding hydrogens is 1200 g/mol. The number of unbranched alkanes of at least 4 members (excludes halogenated alkanes) is 36. The van der Waals surface area contributed by atoms with Crippen LogP contribution in [-0.4, -0.2) is 96.7 Å². The summed E-state index contributed by atoms with van der Waals surface area (Å²) in [5, 5.41) is 10.6. The Bertz CT molecular complexity index is 1790. The lowest BCUT2D eigenvalue weighted by atomic mass is 9.99. The Morgan fingerprint density at radius 2 is 0.560 bits per heavy atom. The van der Waals surface area contributed by atoms with Crippen molar-refractivity contribution in [2.24, 2.45) is 17.8 Å². The van der Waals surface area contributed by atoms with E-state index in [1.807, 2.05) is 0 Å². The maximum Gasteiger partial charge on any atom is 0.472 e. The number of carbonyl (C=O) groups excluding carboxylic acids is 4. The van der Waals surface area contributed by atoms with Gasteiger partial charge in [-0.2, -0.15) is 0 Å². The van der Waals surface area contributed by atoms with E-state index in [1.54, 1.807) is 0 Å². The monoisotopic (exact) mass is 1340 g/mol. The van der Waals surface area contributed by atoms with E-state index in [0.29, 0.717) is 31.6 Å². The van der Waals surface area contributed by atoms with Crippen LogP contribution in [0.5, 0.6) is 0 Å². The number of ether oxygens (including phenoxy) is 4. The van der Waals surface area contributed by atoms with Gasteiger partial charge in [0, 0.05) is 25.7 Å². The highest BCUT2D eigenvalue weighted by molar-refractivity contribution is 7.47. The topological polar surface area (TPSA) is 237 Å². The number of rotatable bonds is 70. The van der Waals surface area contributed by atoms with Gasteiger partial charge in [-0.25, -0.2) is 9.13 Å². The molecule has 0 aromatic carbocycles. The summed E-state index contributed by atoms with van der Waals surface area (Å²) in [6, 6.07) is 0. The first kappa shape index (κ1) is 89.1. The van der Waals surface area contributed by atoms with E-state index in [4.69, 9.17) is 37.0 Å². The molecule has 0 radical (unpaired) electrons. The smallest absolute Gasteiger partial charge is 0.462 e. The summed E-state index contributed by atoms with van der Waals surface area (Å²) in [5.41, 5.74) is 0. The summed E-state index contributed by atoms with van der Waals surface area (Å²) in [5.74, 6) is 0.0466. The average molecular weight is 1340 g/mol. The Hall–Kier alpha value is -1.94. The third-order valence-electron chi connectivity index (χ3n) is 17.4. The van der Waals surface area contributed by atoms with Crippen LogP contribution in [0.3, 0.4) is 0 Å². The van der Waals surface area contributed by atoms with Crippen LogP contribution in [0, 0.1) is 17.8 Å². The Balaban J connectivity index is 5.19. The van der Waals surface area contributed by atoms with Crippen molar-refractivity contribution in [2.45, 2.75) is 381 Å². The molecule has 17 nitrogen and oxygen atoms in total. The van der Waals surface area contributed by atoms with Crippen LogP contribution in [0.1, 0.15) is 363 Å². The van der Waals surface area contributed by atoms with E-state index in [2.05, 4.69) is 48.5 Å². The Morgan fingerprint density at radius 1 is 0.319 bits per heavy atom. The van der Waals surface area contributed by atoms with Crippen LogP contribution in [0.2, 0.25) is 0 Å². The number of carbonyl (C=O) groups is 4. The summed E-state index contributed by atoms with van der Waals surface area (Å²) in [4.78, 5) is 72.5. The first-order valence-electron chi connectivity index (χ1n) is 37.4. The van der Waals surface area contributed by atoms with Gasteiger partial charge in [0.25, 0.3) is 0 Å². The predicted octanol–water partition coefficient (Wildman–Crippen LogP) is 20.6. The van der Waals surface area contributed by atoms with Crippen LogP contribution in [0.15, 0.2) is 0 Å². The second-order valence-electron chi connectivity index (χ2n) is 26.9. The number of hydrogen-bond acceptors (Lipinski definition) is 15. The fraction of sp³-hybridized carbons (Fsp3) is 0.944. The molecule has 0 fully saturated rings. The normalized spacial score (nSPS) is 14.8. The van der Waals surface area contributed by atoms with Crippen LogP contribution in [0.4, 0.5) is 0 Å². The van der Waals surface area contributed by atoms with Crippen molar-refractivity contribution in [2.75, 3.05) is 39.6 Å². The summed E-state index contributed by atoms with van der Waals surface area (Å²) < 4.78 is 68.3. The highest BCUT2D eigenvalue weighted by atomic mass is 31.2. The Kier molecular flexibility index (Phi) is 61.5. The zero-order valence-electron chi connectivity index (χ0n) is 59.3. The quantitative estimate of drug-likeness (QED) is 0.0222. The molecule has 0 aromatic rings. The lowest BCUT2D eigenvalue weighted by Crippen LogP contribution is -2.30. The first-order valence-corrected chi connectivity index (χ1v) is 40.4. The molecule has 0 aliphatic heterocycles. The van der Waals surface area contributed by atoms with Gasteiger partial charge in [-0.05, 0) is 43.4 Å². The maximum absolute atomic E-state index is 13.0. The van der Waals surface area contributed by atoms with Gasteiger partial charge in [-0.15, -0.1) is 0 Å². The fourth-order valence-corrected chi connectivity index (χ4v) is 12.4. The lowest BCUT2D eigenvalue weighted by molar-refractivity contribution is -0.161. The number of phosphoric ester groups is 2. The SMILES string of the molecule is CCCCCCCCCCCCCCCCCCCCCCC(=O)O[C@H](COC(=O)CCCCCCCCCCC(C)CC)COP(=O)(O)OC[C@@H](O)COP(=O)(O)OC[C@@H](COC(=O)CCCCCCCCC(C)C)OC(=O)CCCCCCCCC(C)CC. The van der Waals surface area contributed by atoms with Gasteiger partial charge in [0.05, 0.1) is 26.4 Å². The van der Waals surface area contributed by atoms with Gasteiger partial charge in [0.2, 0.25) is 0 Å². The molecule has 0 saturated heterocycles. The van der Waals surface area contributed by atoms with Gasteiger partial charge in [-0.1, -0.05) is 312 Å². The minimum Gasteiger partial charge on any atom is -0.462 e. The molecule has 0 aliphatic carbocycles. The largest absolute Gasteiger partial charge is 0.472 e. The molecule has 0 saturated carbocycles. The van der Waals surface area contributed by atoms with Gasteiger partial charge < -0.3 is 33.8 Å². The molecule has 91 heavy (non-hydrogen) atoms. The molecule has 4 unspecified atom stereocenters. The van der Waals surface area contributed by atoms with E-state index >= 15 is 0 Å². The van der Waals surface area contributed by atoms with E-state index in [1.165, 1.54) is 167 Å². The molecule has 0 heterocycles. The predicted molar refractivity (Wildman–Crippen MR) is 368 cm³/mol. The molecule has 7 atom stereocenters. The summed E-state index contributed by atoms with van der Waals surface area (Å²) in [6.45, 7) is 11.7. The number of hydrogen-bond donors (Lipinski definition) is 3. The van der Waals surface area contributed by atoms with Crippen LogP contribution < -0.4 is 0 Å². The molecule has 540 valence electrons. The molecule has 19 heteroatoms. The first-order chi connectivity index (χ1) is 43.8. The molecule has 0 aliphatic rings. The second-order valence-corrected chi connectivity index (χ2v) is 29.8. The van der Waals surface area contributed by atoms with Gasteiger partial charge in [0.1, 0.15) is 19.3 Å². The Morgan fingerprint density at radius 3 is 0.835 bits per heavy atom. The summed E-state index contributed by atoms with van der Waals surface area (Å²) in [6.07, 6.45) is 47.5. The highest BCUT2D eigenvalue weighted by Crippen LogP contribution is 2.45. The van der Waals surface area contributed by atoms with Crippen LogP contribution in [0.25, 0.3) is 0 Å². The van der Waals surface area contributed by atoms with Crippen molar-refractivity contribution in [3.05, 3.63) is 0 Å². The van der Waals surface area contributed by atoms with Crippen molar-refractivity contribution in [1.29, 1.82) is 0 Å². The van der Waals surface area contributed by atoms with E-state index < -0.39 is 97.5 Å². The lowest BCUT2D eigenvalue weighted by Gasteiger charge is -2.21. The zero-order chi connectivity index (χ0) is 67.3. The minimum absolute atomic E-state index is 0.102. The highest BCUT2D eigenvalue weighted by Gasteiger charge is 2.30. The third-order valence-corrected chi connectivity index (χ3v) is 19.3. The summed E-state index contributed by atoms with van der Waals surface area (Å²) in [7, 11) is -9.90. The van der Waals surface area contributed by atoms with Gasteiger partial charge >= 0.3 is 39.5 Å². The van der Waals surface area contributed by atoms with E-state index in [0.717, 1.165) is 108 Å².